The largest absolute Gasteiger partial charge is 0.209 e. The first kappa shape index (κ1) is 4.32. The first-order valence-corrected chi connectivity index (χ1v) is 0.755. The molecule has 0 amide bonds. The molecule has 0 saturated heterocycles. The van der Waals surface area contributed by atoms with E-state index in [1.54, 1.807) is 0 Å². The molecule has 0 aliphatic carbocycles. The van der Waals surface area contributed by atoms with Gasteiger partial charge in [0, 0.05) is 5.04 Å². The quantitative estimate of drug-likeness (QED) is 0.284. The molecule has 0 bridgehead atoms. The van der Waals surface area contributed by atoms with Gasteiger partial charge in [-0.3, -0.25) is 0 Å². The van der Waals surface area contributed by atoms with E-state index >= 15 is 0 Å². The van der Waals surface area contributed by atoms with Gasteiger partial charge in [0.25, 0.3) is 0 Å². The second kappa shape index (κ2) is 3.32. The lowest BCUT2D eigenvalue weighted by molar-refractivity contribution is -0.496. The van der Waals surface area contributed by atoms with Crippen molar-refractivity contribution < 1.29 is 15.3 Å². The van der Waals surface area contributed by atoms with Crippen molar-refractivity contribution in [1.82, 2.24) is 0 Å². The predicted octanol–water partition coefficient (Wildman–Crippen LogP) is 0.354. The summed E-state index contributed by atoms with van der Waals surface area (Å²) in [5.74, 6) is 0. The van der Waals surface area contributed by atoms with Crippen LogP contribution in [-0.4, -0.2) is 5.26 Å². The lowest BCUT2D eigenvalue weighted by Gasteiger charge is -1.75. The first-order valence-electron chi connectivity index (χ1n) is 0.755. The molecule has 0 atom stereocenters. The summed E-state index contributed by atoms with van der Waals surface area (Å²) in [5.41, 5.74) is 5.72. The monoisotopic (exact) mass is 78.0 g/mol. The van der Waals surface area contributed by atoms with Crippen LogP contribution < -0.4 is 0 Å². The van der Waals surface area contributed by atoms with E-state index in [4.69, 9.17) is 10.8 Å². The van der Waals surface area contributed by atoms with Gasteiger partial charge in [-0.05, 0) is 0 Å². The molecular weight excluding hydrogens is 76.0 g/mol. The summed E-state index contributed by atoms with van der Waals surface area (Å²) in [7, 11) is 0. The molecule has 0 aromatic rings. The highest BCUT2D eigenvalue weighted by Gasteiger charge is 1.60. The molecule has 2 N–H and O–H groups in total. The Labute approximate surface area is 27.4 Å². The second-order valence-electron chi connectivity index (χ2n) is 0.240. The second-order valence-corrected chi connectivity index (χ2v) is 0.240. The van der Waals surface area contributed by atoms with Crippen molar-refractivity contribution in [2.45, 2.75) is 0 Å². The number of nitrogens with zero attached hydrogens (tertiary/aromatic N) is 1. The van der Waals surface area contributed by atoms with Gasteiger partial charge >= 0.3 is 0 Å². The molecule has 0 aromatic carbocycles. The zero-order valence-corrected chi connectivity index (χ0v) is 2.21. The third kappa shape index (κ3) is 3.32. The highest BCUT2D eigenvalue weighted by atomic mass is 17.5. The summed E-state index contributed by atoms with van der Waals surface area (Å²) in [6.07, 6.45) is 0. The minimum atomic E-state index is 2.13. The molecule has 5 heavy (non-hydrogen) atoms. The number of hydrogen-bond donors (Lipinski definition) is 2. The van der Waals surface area contributed by atoms with Crippen molar-refractivity contribution in [3.63, 3.8) is 0 Å². The molecule has 0 aliphatic rings. The minimum Gasteiger partial charge on any atom is -0.209 e. The molecule has 0 saturated carbocycles. The van der Waals surface area contributed by atoms with Gasteiger partial charge in [0.1, 0.15) is 0 Å². The fourth-order valence-corrected chi connectivity index (χ4v) is 0.0167. The van der Waals surface area contributed by atoms with E-state index in [0.717, 1.165) is 0 Å². The Bertz CT molecular complexity index is 26.1. The fraction of sp³-hybridized carbons (Fsp3) is 0. The van der Waals surface area contributed by atoms with Gasteiger partial charge in [0.05, 0.1) is 5.28 Å². The molecule has 0 aliphatic heterocycles. The number of nitrogens with one attached hydrogen (secondary N) is 1. The maximum Gasteiger partial charge on any atom is 0.0603 e. The van der Waals surface area contributed by atoms with E-state index in [9.17, 15) is 0 Å². The van der Waals surface area contributed by atoms with Crippen LogP contribution >= 0.6 is 0 Å². The smallest absolute Gasteiger partial charge is 0.0603 e. The summed E-state index contributed by atoms with van der Waals surface area (Å²) in [6.45, 7) is 0. The Kier molecular flexibility index (Phi) is 2.87. The Morgan fingerprint density at radius 1 is 1.80 bits per heavy atom. The van der Waals surface area contributed by atoms with Gasteiger partial charge in [-0.1, -0.05) is 0 Å². The van der Waals surface area contributed by atoms with Crippen molar-refractivity contribution in [2.24, 2.45) is 5.28 Å². The van der Waals surface area contributed by atoms with Gasteiger partial charge in [-0.2, -0.15) is 10.5 Å². The summed E-state index contributed by atoms with van der Waals surface area (Å²) >= 11 is 0. The molecule has 0 aromatic heterocycles. The van der Waals surface area contributed by atoms with Crippen LogP contribution in [0.15, 0.2) is 5.28 Å². The van der Waals surface area contributed by atoms with Crippen LogP contribution in [0.2, 0.25) is 0 Å². The summed E-state index contributed by atoms with van der Waals surface area (Å²) < 4.78 is 0. The molecule has 0 rings (SSSR count). The van der Waals surface area contributed by atoms with Gasteiger partial charge in [-0.25, -0.2) is 5.26 Å². The Balaban J connectivity index is 2.40. The Morgan fingerprint density at radius 2 is 2.40 bits per heavy atom. The van der Waals surface area contributed by atoms with E-state index in [1.807, 2.05) is 0 Å². The number of rotatable bonds is 2. The zero-order valence-electron chi connectivity index (χ0n) is 2.21. The molecular formula is H2N2O3. The van der Waals surface area contributed by atoms with Crippen LogP contribution in [0.3, 0.4) is 0 Å². The van der Waals surface area contributed by atoms with Crippen molar-refractivity contribution in [3.8, 4) is 0 Å². The van der Waals surface area contributed by atoms with Crippen LogP contribution in [0.4, 0.5) is 0 Å². The summed E-state index contributed by atoms with van der Waals surface area (Å²) in [5, 5.41) is 12.1. The molecule has 0 spiro atoms. The molecule has 0 unspecified atom stereocenters. The van der Waals surface area contributed by atoms with Crippen LogP contribution in [-0.2, 0) is 10.0 Å². The van der Waals surface area contributed by atoms with Crippen LogP contribution in [0.1, 0.15) is 0 Å². The molecule has 30 valence electrons. The fourth-order valence-electron chi connectivity index (χ4n) is 0.0167. The highest BCUT2D eigenvalue weighted by molar-refractivity contribution is 3.33. The molecule has 0 heterocycles. The third-order valence-corrected chi connectivity index (χ3v) is 0.0706. The third-order valence-electron chi connectivity index (χ3n) is 0.0706. The SMILES string of the molecule is N=NOOO. The van der Waals surface area contributed by atoms with Crippen LogP contribution in [0, 0.1) is 5.53 Å². The van der Waals surface area contributed by atoms with Crippen LogP contribution in [0.5, 0.6) is 0 Å². The van der Waals surface area contributed by atoms with Gasteiger partial charge < -0.3 is 0 Å². The minimum absolute atomic E-state index is 2.13. The Morgan fingerprint density at radius 3 is 2.40 bits per heavy atom. The topological polar surface area (TPSA) is 74.9 Å². The highest BCUT2D eigenvalue weighted by Crippen LogP contribution is 1.65. The standard InChI is InChI=1S/H2N2O3/c1-2-4-5-3/h1,3H. The lowest BCUT2D eigenvalue weighted by Crippen LogP contribution is -1.72. The van der Waals surface area contributed by atoms with Crippen molar-refractivity contribution in [3.05, 3.63) is 0 Å². The maximum atomic E-state index is 7.13. The molecule has 5 nitrogen and oxygen atoms in total. The molecule has 5 heteroatoms. The van der Waals surface area contributed by atoms with Crippen LogP contribution in [0.25, 0.3) is 0 Å². The summed E-state index contributed by atoms with van der Waals surface area (Å²) in [4.78, 5) is 3.18. The average molecular weight is 78.0 g/mol. The normalized spacial score (nSPS) is 6.60. The van der Waals surface area contributed by atoms with Crippen molar-refractivity contribution in [1.29, 1.82) is 5.53 Å². The average Bonchev–Trinajstić information content (AvgIpc) is 1.41. The summed E-state index contributed by atoms with van der Waals surface area (Å²) in [6, 6.07) is 0. The van der Waals surface area contributed by atoms with E-state index in [0.29, 0.717) is 0 Å². The van der Waals surface area contributed by atoms with E-state index < -0.39 is 0 Å². The predicted molar refractivity (Wildman–Crippen MR) is 9.95 cm³/mol. The zero-order chi connectivity index (χ0) is 4.12. The molecule has 0 fully saturated rings. The van der Waals surface area contributed by atoms with Gasteiger partial charge in [0.15, 0.2) is 0 Å². The first-order chi connectivity index (χ1) is 2.41. The Hall–Kier alpha value is -0.680. The van der Waals surface area contributed by atoms with Gasteiger partial charge in [0.2, 0.25) is 0 Å². The maximum absolute atomic E-state index is 7.13. The van der Waals surface area contributed by atoms with E-state index in [-0.39, 0.29) is 0 Å². The molecule has 0 radical (unpaired) electrons. The van der Waals surface area contributed by atoms with Crippen molar-refractivity contribution >= 4 is 0 Å². The lowest BCUT2D eigenvalue weighted by atomic mass is 13.1. The van der Waals surface area contributed by atoms with E-state index in [1.165, 1.54) is 0 Å². The van der Waals surface area contributed by atoms with Crippen molar-refractivity contribution in [2.75, 3.05) is 0 Å². The van der Waals surface area contributed by atoms with E-state index in [2.05, 4.69) is 15.3 Å². The van der Waals surface area contributed by atoms with Gasteiger partial charge in [-0.15, -0.1) is 0 Å². The number of hydrogen-bond acceptors (Lipinski definition) is 5.